The molecule has 96 valence electrons. The van der Waals surface area contributed by atoms with E-state index in [1.54, 1.807) is 5.48 Å². The van der Waals surface area contributed by atoms with Crippen LogP contribution in [0.1, 0.15) is 5.56 Å². The minimum absolute atomic E-state index is 0.184. The molecule has 0 bridgehead atoms. The van der Waals surface area contributed by atoms with Gasteiger partial charge in [-0.15, -0.1) is 5.10 Å². The summed E-state index contributed by atoms with van der Waals surface area (Å²) in [5, 5.41) is 26.1. The summed E-state index contributed by atoms with van der Waals surface area (Å²) in [6, 6.07) is 2.66. The Hall–Kier alpha value is -1.71. The Morgan fingerprint density at radius 2 is 2.33 bits per heavy atom. The Balaban J connectivity index is 3.14. The third-order valence-corrected chi connectivity index (χ3v) is 2.80. The molecule has 0 aliphatic heterocycles. The van der Waals surface area contributed by atoms with E-state index in [-0.39, 0.29) is 21.1 Å². The second-order valence-corrected chi connectivity index (χ2v) is 4.16. The van der Waals surface area contributed by atoms with E-state index in [4.69, 9.17) is 22.5 Å². The number of nitrogens with two attached hydrogens (primary N) is 1. The molecule has 0 aliphatic rings. The fourth-order valence-corrected chi connectivity index (χ4v) is 1.69. The van der Waals surface area contributed by atoms with Gasteiger partial charge in [0.25, 0.3) is 5.69 Å². The molecule has 0 saturated carbocycles. The zero-order chi connectivity index (χ0) is 13.7. The maximum Gasteiger partial charge on any atom is 0.285 e. The Labute approximate surface area is 114 Å². The van der Waals surface area contributed by atoms with E-state index >= 15 is 0 Å². The molecule has 10 heteroatoms. The molecular formula is C8H7BrClN5O3. The smallest absolute Gasteiger partial charge is 0.285 e. The summed E-state index contributed by atoms with van der Waals surface area (Å²) < 4.78 is 0.214. The normalized spacial score (nSPS) is 11.8. The molecule has 0 saturated heterocycles. The van der Waals surface area contributed by atoms with Crippen LogP contribution in [0.3, 0.4) is 0 Å². The number of rotatable bonds is 3. The van der Waals surface area contributed by atoms with Gasteiger partial charge in [0.15, 0.2) is 0 Å². The van der Waals surface area contributed by atoms with Crippen LogP contribution < -0.4 is 11.2 Å². The summed E-state index contributed by atoms with van der Waals surface area (Å²) in [5.41, 5.74) is 6.84. The number of nitro groups is 1. The van der Waals surface area contributed by atoms with Crippen molar-refractivity contribution in [3.63, 3.8) is 0 Å². The van der Waals surface area contributed by atoms with Gasteiger partial charge in [-0.1, -0.05) is 11.6 Å². The SMILES string of the molecule is N/C(=N/N=C/c1cc(Cl)cc([N+](=O)[O-])c1Br)NO. The lowest BCUT2D eigenvalue weighted by atomic mass is 10.2. The minimum atomic E-state index is -0.583. The van der Waals surface area contributed by atoms with Gasteiger partial charge in [-0.25, -0.2) is 5.48 Å². The molecule has 0 unspecified atom stereocenters. The zero-order valence-corrected chi connectivity index (χ0v) is 11.0. The molecule has 0 amide bonds. The number of guanidine groups is 1. The molecule has 8 nitrogen and oxygen atoms in total. The first-order chi connectivity index (χ1) is 8.45. The van der Waals surface area contributed by atoms with E-state index in [1.807, 2.05) is 0 Å². The van der Waals surface area contributed by atoms with Crippen LogP contribution in [-0.2, 0) is 0 Å². The molecule has 0 radical (unpaired) electrons. The van der Waals surface area contributed by atoms with Gasteiger partial charge in [-0.3, -0.25) is 15.3 Å². The average molecular weight is 337 g/mol. The number of nitrogens with zero attached hydrogens (tertiary/aromatic N) is 3. The summed E-state index contributed by atoms with van der Waals surface area (Å²) >= 11 is 8.80. The van der Waals surface area contributed by atoms with Crippen molar-refractivity contribution in [1.82, 2.24) is 5.48 Å². The van der Waals surface area contributed by atoms with Gasteiger partial charge >= 0.3 is 0 Å². The van der Waals surface area contributed by atoms with Crippen LogP contribution in [0.15, 0.2) is 26.8 Å². The Morgan fingerprint density at radius 1 is 1.67 bits per heavy atom. The van der Waals surface area contributed by atoms with Crippen molar-refractivity contribution in [2.24, 2.45) is 15.9 Å². The van der Waals surface area contributed by atoms with Crippen LogP contribution >= 0.6 is 27.5 Å². The highest BCUT2D eigenvalue weighted by Crippen LogP contribution is 2.31. The molecule has 0 heterocycles. The van der Waals surface area contributed by atoms with Crippen molar-refractivity contribution in [3.8, 4) is 0 Å². The molecule has 0 aliphatic carbocycles. The third-order valence-electron chi connectivity index (χ3n) is 1.72. The van der Waals surface area contributed by atoms with Crippen molar-refractivity contribution >= 4 is 45.4 Å². The summed E-state index contributed by atoms with van der Waals surface area (Å²) in [5.74, 6) is -0.320. The van der Waals surface area contributed by atoms with E-state index in [0.29, 0.717) is 5.56 Å². The molecule has 1 aromatic rings. The van der Waals surface area contributed by atoms with E-state index in [9.17, 15) is 10.1 Å². The van der Waals surface area contributed by atoms with Crippen molar-refractivity contribution in [1.29, 1.82) is 0 Å². The lowest BCUT2D eigenvalue weighted by Crippen LogP contribution is -2.27. The first-order valence-corrected chi connectivity index (χ1v) is 5.53. The number of hydroxylamine groups is 1. The molecule has 0 aromatic heterocycles. The van der Waals surface area contributed by atoms with Crippen LogP contribution in [0.5, 0.6) is 0 Å². The van der Waals surface area contributed by atoms with Gasteiger partial charge in [-0.05, 0) is 22.0 Å². The van der Waals surface area contributed by atoms with Crippen LogP contribution in [-0.4, -0.2) is 22.3 Å². The van der Waals surface area contributed by atoms with Crippen molar-refractivity contribution < 1.29 is 10.1 Å². The molecule has 0 atom stereocenters. The second kappa shape index (κ2) is 6.28. The average Bonchev–Trinajstić information content (AvgIpc) is 2.32. The predicted molar refractivity (Wildman–Crippen MR) is 69.9 cm³/mol. The van der Waals surface area contributed by atoms with Gasteiger partial charge in [0.05, 0.1) is 11.1 Å². The Morgan fingerprint density at radius 3 is 2.89 bits per heavy atom. The van der Waals surface area contributed by atoms with E-state index in [2.05, 4.69) is 26.1 Å². The number of nitrogens with one attached hydrogen (secondary N) is 1. The molecule has 0 spiro atoms. The van der Waals surface area contributed by atoms with E-state index < -0.39 is 4.92 Å². The van der Waals surface area contributed by atoms with Gasteiger partial charge in [0, 0.05) is 16.7 Å². The molecule has 18 heavy (non-hydrogen) atoms. The zero-order valence-electron chi connectivity index (χ0n) is 8.67. The summed E-state index contributed by atoms with van der Waals surface area (Å²) in [6.07, 6.45) is 1.20. The quantitative estimate of drug-likeness (QED) is 0.335. The van der Waals surface area contributed by atoms with Gasteiger partial charge in [0.2, 0.25) is 5.96 Å². The maximum absolute atomic E-state index is 10.7. The number of benzene rings is 1. The summed E-state index contributed by atoms with van der Waals surface area (Å²) in [6.45, 7) is 0. The molecule has 1 aromatic carbocycles. The fraction of sp³-hybridized carbons (Fsp3) is 0. The van der Waals surface area contributed by atoms with Gasteiger partial charge < -0.3 is 5.73 Å². The molecule has 0 fully saturated rings. The fourth-order valence-electron chi connectivity index (χ4n) is 0.998. The number of hydrogen-bond donors (Lipinski definition) is 3. The first-order valence-electron chi connectivity index (χ1n) is 4.35. The van der Waals surface area contributed by atoms with E-state index in [0.717, 1.165) is 0 Å². The van der Waals surface area contributed by atoms with Crippen molar-refractivity contribution in [2.45, 2.75) is 0 Å². The molecule has 4 N–H and O–H groups in total. The minimum Gasteiger partial charge on any atom is -0.367 e. The highest BCUT2D eigenvalue weighted by atomic mass is 79.9. The van der Waals surface area contributed by atoms with E-state index in [1.165, 1.54) is 18.3 Å². The third kappa shape index (κ3) is 3.65. The number of hydrogen-bond acceptors (Lipinski definition) is 5. The highest BCUT2D eigenvalue weighted by molar-refractivity contribution is 9.10. The van der Waals surface area contributed by atoms with Crippen LogP contribution in [0.4, 0.5) is 5.69 Å². The lowest BCUT2D eigenvalue weighted by molar-refractivity contribution is -0.385. The Kier molecular flexibility index (Phi) is 5.01. The number of halogens is 2. The van der Waals surface area contributed by atoms with Crippen LogP contribution in [0.25, 0.3) is 0 Å². The summed E-state index contributed by atoms with van der Waals surface area (Å²) in [7, 11) is 0. The topological polar surface area (TPSA) is 126 Å². The van der Waals surface area contributed by atoms with Gasteiger partial charge in [0.1, 0.15) is 4.47 Å². The maximum atomic E-state index is 10.7. The highest BCUT2D eigenvalue weighted by Gasteiger charge is 2.16. The monoisotopic (exact) mass is 335 g/mol. The van der Waals surface area contributed by atoms with Crippen molar-refractivity contribution in [2.75, 3.05) is 0 Å². The number of nitro benzene ring substituents is 1. The summed E-state index contributed by atoms with van der Waals surface area (Å²) in [4.78, 5) is 10.2. The van der Waals surface area contributed by atoms with Crippen LogP contribution in [0, 0.1) is 10.1 Å². The van der Waals surface area contributed by atoms with Crippen molar-refractivity contribution in [3.05, 3.63) is 37.3 Å². The standard InChI is InChI=1S/C8H7BrClN5O3/c9-7-4(3-12-13-8(11)14-16)1-5(10)2-6(7)15(17)18/h1-3,16H,(H3,11,13,14)/b12-3+. The lowest BCUT2D eigenvalue weighted by Gasteiger charge is -2.00. The molecule has 1 rings (SSSR count). The molecular weight excluding hydrogens is 329 g/mol. The van der Waals surface area contributed by atoms with Crippen LogP contribution in [0.2, 0.25) is 5.02 Å². The Bertz CT molecular complexity index is 534. The predicted octanol–water partition coefficient (Wildman–Crippen LogP) is 1.64. The van der Waals surface area contributed by atoms with Gasteiger partial charge in [-0.2, -0.15) is 5.10 Å². The largest absolute Gasteiger partial charge is 0.367 e. The first kappa shape index (κ1) is 14.4. The second-order valence-electron chi connectivity index (χ2n) is 2.93.